The maximum absolute atomic E-state index is 14.8. The van der Waals surface area contributed by atoms with Gasteiger partial charge in [-0.25, -0.2) is 14.8 Å². The number of anilines is 1. The summed E-state index contributed by atoms with van der Waals surface area (Å²) in [5.41, 5.74) is 2.50. The maximum Gasteiger partial charge on any atom is 0.725 e. The Morgan fingerprint density at radius 1 is 1.15 bits per heavy atom. The largest absolute Gasteiger partial charge is 0.725 e. The number of nitrogens with zero attached hydrogens (tertiary/aromatic N) is 3. The molecule has 0 atom stereocenters. The van der Waals surface area contributed by atoms with Gasteiger partial charge in [0.25, 0.3) is 0 Å². The van der Waals surface area contributed by atoms with Gasteiger partial charge in [0.05, 0.1) is 20.0 Å². The highest BCUT2D eigenvalue weighted by Gasteiger charge is 2.45. The monoisotopic (exact) mass is 576 g/mol. The minimum absolute atomic E-state index is 0. The SMILES string of the molecule is COc1ccc(CN(C)c2ccc(C3=C4CCCC5=NC(=[NH+]C(C)=O)SC5=C4O[B-](F)(F)O3)cn2)c(OC)c1.F. The van der Waals surface area contributed by atoms with Crippen molar-refractivity contribution in [2.24, 2.45) is 4.99 Å². The van der Waals surface area contributed by atoms with Gasteiger partial charge in [-0.2, -0.15) is 0 Å². The van der Waals surface area contributed by atoms with Crippen LogP contribution < -0.4 is 19.4 Å². The number of methoxy groups -OCH3 is 2. The van der Waals surface area contributed by atoms with Crippen LogP contribution in [0.15, 0.2) is 57.8 Å². The third-order valence-corrected chi connectivity index (χ3v) is 7.40. The van der Waals surface area contributed by atoms with Crippen LogP contribution in [0.1, 0.15) is 37.3 Å². The fourth-order valence-electron chi connectivity index (χ4n) is 4.60. The first kappa shape index (κ1) is 29.1. The number of amidine groups is 1. The van der Waals surface area contributed by atoms with Gasteiger partial charge in [-0.1, -0.05) is 0 Å². The second kappa shape index (κ2) is 11.7. The number of ether oxygens (including phenoxy) is 2. The number of fused-ring (bicyclic) bond motifs is 2. The Labute approximate surface area is 233 Å². The molecule has 40 heavy (non-hydrogen) atoms. The Balaban J connectivity index is 0.00000370. The van der Waals surface area contributed by atoms with E-state index in [0.717, 1.165) is 17.3 Å². The second-order valence-electron chi connectivity index (χ2n) is 9.18. The lowest BCUT2D eigenvalue weighted by Crippen LogP contribution is -2.75. The molecule has 1 aliphatic carbocycles. The lowest BCUT2D eigenvalue weighted by Gasteiger charge is -2.38. The summed E-state index contributed by atoms with van der Waals surface area (Å²) in [6.45, 7) is 1.87. The van der Waals surface area contributed by atoms with Crippen LogP contribution in [0.5, 0.6) is 11.5 Å². The molecule has 0 saturated heterocycles. The zero-order valence-corrected chi connectivity index (χ0v) is 23.1. The molecule has 0 unspecified atom stereocenters. The Hall–Kier alpha value is -3.94. The van der Waals surface area contributed by atoms with Crippen molar-refractivity contribution >= 4 is 47.2 Å². The van der Waals surface area contributed by atoms with E-state index in [1.807, 2.05) is 30.1 Å². The number of hydrogen-bond donors (Lipinski definition) is 1. The summed E-state index contributed by atoms with van der Waals surface area (Å²) in [5, 5.41) is 0.344. The van der Waals surface area contributed by atoms with Gasteiger partial charge >= 0.3 is 18.2 Å². The van der Waals surface area contributed by atoms with Crippen molar-refractivity contribution in [3.63, 3.8) is 0 Å². The summed E-state index contributed by atoms with van der Waals surface area (Å²) in [5.74, 6) is 1.82. The molecule has 0 bridgehead atoms. The van der Waals surface area contributed by atoms with E-state index in [0.29, 0.717) is 70.0 Å². The van der Waals surface area contributed by atoms with Crippen molar-refractivity contribution in [1.82, 2.24) is 4.98 Å². The molecule has 212 valence electrons. The predicted octanol–water partition coefficient (Wildman–Crippen LogP) is 3.59. The van der Waals surface area contributed by atoms with Gasteiger partial charge in [-0.05, 0) is 42.1 Å². The fraction of sp³-hybridized carbons (Fsp3) is 0.308. The maximum atomic E-state index is 14.8. The van der Waals surface area contributed by atoms with Crippen molar-refractivity contribution in [3.8, 4) is 11.5 Å². The number of thioether (sulfide) groups is 1. The minimum Gasteiger partial charge on any atom is -0.627 e. The molecule has 5 rings (SSSR count). The summed E-state index contributed by atoms with van der Waals surface area (Å²) in [6.07, 6.45) is 3.20. The quantitative estimate of drug-likeness (QED) is 0.522. The number of carbonyl (C=O) groups is 1. The number of aliphatic imine (C=N–C) groups is 1. The molecular weight excluding hydrogens is 548 g/mol. The third kappa shape index (κ3) is 5.96. The van der Waals surface area contributed by atoms with E-state index >= 15 is 0 Å². The number of benzene rings is 1. The van der Waals surface area contributed by atoms with Crippen LogP contribution in [0.3, 0.4) is 0 Å². The number of amides is 1. The number of carbonyl (C=O) groups excluding carboxylic acids is 1. The van der Waals surface area contributed by atoms with Crippen molar-refractivity contribution in [1.29, 1.82) is 0 Å². The Morgan fingerprint density at radius 3 is 2.60 bits per heavy atom. The highest BCUT2D eigenvalue weighted by Crippen LogP contribution is 2.46. The topological polar surface area (TPSA) is 96.5 Å². The highest BCUT2D eigenvalue weighted by molar-refractivity contribution is 8.18. The minimum atomic E-state index is -4.62. The van der Waals surface area contributed by atoms with Crippen LogP contribution >= 0.6 is 11.8 Å². The fourth-order valence-corrected chi connectivity index (χ4v) is 5.68. The number of pyridine rings is 1. The van der Waals surface area contributed by atoms with Gasteiger partial charge in [0.15, 0.2) is 5.71 Å². The van der Waals surface area contributed by atoms with E-state index in [1.54, 1.807) is 26.4 Å². The van der Waals surface area contributed by atoms with E-state index in [4.69, 9.17) is 18.8 Å². The average Bonchev–Trinajstić information content (AvgIpc) is 3.22. The van der Waals surface area contributed by atoms with Crippen LogP contribution in [0.2, 0.25) is 0 Å². The predicted molar refractivity (Wildman–Crippen MR) is 148 cm³/mol. The number of nitrogens with one attached hydrogen (secondary N) is 1. The Morgan fingerprint density at radius 2 is 1.93 bits per heavy atom. The summed E-state index contributed by atoms with van der Waals surface area (Å²) in [6, 6.07) is 9.06. The molecule has 1 aromatic heterocycles. The average molecular weight is 576 g/mol. The smallest absolute Gasteiger partial charge is 0.627 e. The molecule has 2 aliphatic heterocycles. The Kier molecular flexibility index (Phi) is 8.47. The van der Waals surface area contributed by atoms with E-state index in [1.165, 1.54) is 13.1 Å². The zero-order valence-electron chi connectivity index (χ0n) is 22.3. The third-order valence-electron chi connectivity index (χ3n) is 6.39. The van der Waals surface area contributed by atoms with Crippen LogP contribution in [0.4, 0.5) is 19.2 Å². The van der Waals surface area contributed by atoms with Gasteiger partial charge in [0.2, 0.25) is 0 Å². The lowest BCUT2D eigenvalue weighted by molar-refractivity contribution is -0.372. The molecule has 3 heterocycles. The second-order valence-corrected chi connectivity index (χ2v) is 10.2. The molecular formula is C26H28BF3N4O5S. The first-order valence-electron chi connectivity index (χ1n) is 12.3. The van der Waals surface area contributed by atoms with Crippen molar-refractivity contribution in [2.75, 3.05) is 26.2 Å². The molecule has 1 aromatic carbocycles. The lowest BCUT2D eigenvalue weighted by atomic mass is 9.98. The molecule has 9 nitrogen and oxygen atoms in total. The van der Waals surface area contributed by atoms with Gasteiger partial charge in [-0.15, -0.1) is 0 Å². The standard InChI is InChI=1S/C26H26BF2N4O5S.FH/c1-15(34)31-26-32-20-7-5-6-19-23(37-27(28,29)38-24(19)25(20)39-26)16-9-11-22(30-13-16)33(2)14-17-8-10-18(35-3)12-21(17)36-4;/h8-13H,5-7,14H2,1-4H3;1H/q-1;/p+1. The van der Waals surface area contributed by atoms with E-state index in [-0.39, 0.29) is 22.1 Å². The van der Waals surface area contributed by atoms with Gasteiger partial charge in [0, 0.05) is 67.7 Å². The molecule has 0 spiro atoms. The van der Waals surface area contributed by atoms with Crippen molar-refractivity contribution in [2.45, 2.75) is 32.7 Å². The van der Waals surface area contributed by atoms with E-state index in [9.17, 15) is 13.4 Å². The van der Waals surface area contributed by atoms with Gasteiger partial charge in [-0.3, -0.25) is 4.70 Å². The molecule has 0 radical (unpaired) electrons. The molecule has 14 heteroatoms. The molecule has 0 fully saturated rings. The molecule has 3 aliphatic rings. The number of halogens is 3. The molecule has 2 aromatic rings. The number of rotatable bonds is 6. The summed E-state index contributed by atoms with van der Waals surface area (Å²) in [4.78, 5) is 25.5. The van der Waals surface area contributed by atoms with E-state index in [2.05, 4.69) is 15.0 Å². The number of aromatic nitrogens is 1. The van der Waals surface area contributed by atoms with Gasteiger partial charge < -0.3 is 32.3 Å². The highest BCUT2D eigenvalue weighted by atomic mass is 32.2. The molecule has 1 amide bonds. The van der Waals surface area contributed by atoms with Gasteiger partial charge in [0.1, 0.15) is 28.0 Å². The van der Waals surface area contributed by atoms with Crippen molar-refractivity contribution < 1.29 is 41.9 Å². The number of hydrogen-bond acceptors (Lipinski definition) is 8. The normalized spacial score (nSPS) is 18.4. The Bertz CT molecular complexity index is 1450. The molecule has 1 N–H and O–H groups in total. The first-order valence-corrected chi connectivity index (χ1v) is 13.1. The zero-order chi connectivity index (χ0) is 27.7. The van der Waals surface area contributed by atoms with Crippen LogP contribution in [0.25, 0.3) is 5.76 Å². The number of allylic oxidation sites excluding steroid dienone is 2. The van der Waals surface area contributed by atoms with E-state index < -0.39 is 7.11 Å². The van der Waals surface area contributed by atoms with Crippen LogP contribution in [-0.4, -0.2) is 50.1 Å². The molecule has 0 saturated carbocycles. The van der Waals surface area contributed by atoms with Crippen LogP contribution in [-0.2, 0) is 20.6 Å². The van der Waals surface area contributed by atoms with Crippen LogP contribution in [0, 0.1) is 0 Å². The summed E-state index contributed by atoms with van der Waals surface area (Å²) in [7, 11) is 0.449. The summed E-state index contributed by atoms with van der Waals surface area (Å²) >= 11 is 1.11. The van der Waals surface area contributed by atoms with Crippen molar-refractivity contribution in [3.05, 3.63) is 63.9 Å². The first-order chi connectivity index (χ1) is 18.7. The summed E-state index contributed by atoms with van der Waals surface area (Å²) < 4.78 is 50.5.